The first-order valence-corrected chi connectivity index (χ1v) is 12.1. The van der Waals surface area contributed by atoms with Gasteiger partial charge in [-0.1, -0.05) is 0 Å². The first-order valence-electron chi connectivity index (χ1n) is 12.1. The van der Waals surface area contributed by atoms with Gasteiger partial charge in [0.1, 0.15) is 11.4 Å². The van der Waals surface area contributed by atoms with Crippen LogP contribution in [-0.4, -0.2) is 38.0 Å². The highest BCUT2D eigenvalue weighted by Crippen LogP contribution is 2.30. The lowest BCUT2D eigenvalue weighted by atomic mass is 10.1. The van der Waals surface area contributed by atoms with Gasteiger partial charge in [-0.15, -0.1) is 0 Å². The number of rotatable bonds is 8. The number of anilines is 1. The fraction of sp³-hybridized carbons (Fsp3) is 0.320. The van der Waals surface area contributed by atoms with E-state index in [-0.39, 0.29) is 23.4 Å². The molecule has 0 spiro atoms. The second kappa shape index (κ2) is 13.7. The molecule has 0 bridgehead atoms. The van der Waals surface area contributed by atoms with Gasteiger partial charge in [0.05, 0.1) is 35.0 Å². The van der Waals surface area contributed by atoms with Gasteiger partial charge in [0.2, 0.25) is 0 Å². The number of ether oxygens (including phenoxy) is 1. The van der Waals surface area contributed by atoms with Crippen molar-refractivity contribution in [2.24, 2.45) is 0 Å². The molecule has 0 amide bonds. The smallest absolute Gasteiger partial charge is 0.397 e. The van der Waals surface area contributed by atoms with E-state index in [4.69, 9.17) is 5.73 Å². The van der Waals surface area contributed by atoms with Crippen molar-refractivity contribution in [2.45, 2.75) is 44.8 Å². The SMILES string of the molecule is Nc1cn[nH]c(=O)c1C(F)(F)F.O=c1c2cc(F)c(-c3ncc(C(F)(F)F)cn3)cc2ccn1CCCCCOC(F)F. The lowest BCUT2D eigenvalue weighted by molar-refractivity contribution is -0.138. The summed E-state index contributed by atoms with van der Waals surface area (Å²) in [7, 11) is 0. The minimum Gasteiger partial charge on any atom is -0.397 e. The molecule has 0 aliphatic carbocycles. The number of nitrogens with two attached hydrogens (primary N) is 1. The Balaban J connectivity index is 0.000000353. The third-order valence-electron chi connectivity index (χ3n) is 5.74. The van der Waals surface area contributed by atoms with E-state index in [0.29, 0.717) is 43.6 Å². The highest BCUT2D eigenvalue weighted by atomic mass is 19.4. The number of H-pyrrole nitrogens is 1. The minimum absolute atomic E-state index is 0.0791. The van der Waals surface area contributed by atoms with E-state index in [2.05, 4.69) is 19.8 Å². The van der Waals surface area contributed by atoms with Crippen molar-refractivity contribution in [1.29, 1.82) is 0 Å². The minimum atomic E-state index is -4.74. The Morgan fingerprint density at radius 2 is 1.63 bits per heavy atom. The van der Waals surface area contributed by atoms with Gasteiger partial charge in [-0.25, -0.2) is 19.5 Å². The van der Waals surface area contributed by atoms with Crippen molar-refractivity contribution in [3.63, 3.8) is 0 Å². The summed E-state index contributed by atoms with van der Waals surface area (Å²) in [5.41, 5.74) is -0.132. The molecule has 0 saturated carbocycles. The molecule has 0 aliphatic rings. The van der Waals surface area contributed by atoms with E-state index >= 15 is 0 Å². The predicted octanol–water partition coefficient (Wildman–Crippen LogP) is 5.40. The average molecular weight is 624 g/mol. The Morgan fingerprint density at radius 1 is 0.953 bits per heavy atom. The zero-order valence-corrected chi connectivity index (χ0v) is 21.6. The molecule has 1 aromatic carbocycles. The fourth-order valence-corrected chi connectivity index (χ4v) is 3.70. The van der Waals surface area contributed by atoms with Crippen LogP contribution in [-0.2, 0) is 23.6 Å². The predicted molar refractivity (Wildman–Crippen MR) is 134 cm³/mol. The molecule has 0 saturated heterocycles. The molecule has 232 valence electrons. The Hall–Kier alpha value is -4.48. The molecule has 0 atom stereocenters. The van der Waals surface area contributed by atoms with Crippen molar-refractivity contribution in [2.75, 3.05) is 12.3 Å². The second-order valence-electron chi connectivity index (χ2n) is 8.75. The number of benzene rings is 1. The van der Waals surface area contributed by atoms with Gasteiger partial charge >= 0.3 is 19.0 Å². The number of nitrogen functional groups attached to an aromatic ring is 1. The number of aromatic amines is 1. The van der Waals surface area contributed by atoms with Crippen molar-refractivity contribution in [3.8, 4) is 11.4 Å². The summed E-state index contributed by atoms with van der Waals surface area (Å²) in [4.78, 5) is 30.4. The van der Waals surface area contributed by atoms with Gasteiger partial charge in [-0.2, -0.15) is 40.2 Å². The van der Waals surface area contributed by atoms with Crippen molar-refractivity contribution >= 4 is 16.5 Å². The van der Waals surface area contributed by atoms with E-state index < -0.39 is 52.7 Å². The quantitative estimate of drug-likeness (QED) is 0.199. The highest BCUT2D eigenvalue weighted by Gasteiger charge is 2.36. The van der Waals surface area contributed by atoms with Crippen LogP contribution in [0, 0.1) is 5.82 Å². The number of pyridine rings is 1. The van der Waals surface area contributed by atoms with E-state index in [1.54, 1.807) is 11.2 Å². The molecule has 0 unspecified atom stereocenters. The molecule has 3 aromatic heterocycles. The number of aryl methyl sites for hydroxylation is 1. The summed E-state index contributed by atoms with van der Waals surface area (Å²) in [6.45, 7) is -2.57. The molecule has 0 aliphatic heterocycles. The number of nitrogens with zero attached hydrogens (tertiary/aromatic N) is 4. The van der Waals surface area contributed by atoms with E-state index in [1.165, 1.54) is 16.8 Å². The van der Waals surface area contributed by atoms with Crippen LogP contribution in [0.15, 0.2) is 52.6 Å². The molecule has 9 nitrogen and oxygen atoms in total. The Bertz CT molecular complexity index is 1650. The topological polar surface area (TPSA) is 129 Å². The summed E-state index contributed by atoms with van der Waals surface area (Å²) in [6.07, 6.45) is -4.44. The number of unbranched alkanes of at least 4 members (excludes halogenated alkanes) is 2. The van der Waals surface area contributed by atoms with Gasteiger partial charge in [-0.05, 0) is 42.8 Å². The van der Waals surface area contributed by atoms with Gasteiger partial charge in [0.25, 0.3) is 11.1 Å². The monoisotopic (exact) mass is 624 g/mol. The lowest BCUT2D eigenvalue weighted by Crippen LogP contribution is -2.24. The Kier molecular flexibility index (Phi) is 10.5. The van der Waals surface area contributed by atoms with Crippen LogP contribution < -0.4 is 16.9 Å². The highest BCUT2D eigenvalue weighted by molar-refractivity contribution is 5.85. The first-order chi connectivity index (χ1) is 20.1. The molecule has 0 radical (unpaired) electrons. The largest absolute Gasteiger partial charge is 0.423 e. The van der Waals surface area contributed by atoms with Crippen molar-refractivity contribution in [3.05, 3.63) is 80.6 Å². The molecule has 4 aromatic rings. The van der Waals surface area contributed by atoms with Crippen LogP contribution >= 0.6 is 0 Å². The van der Waals surface area contributed by atoms with E-state index in [1.807, 2.05) is 0 Å². The van der Waals surface area contributed by atoms with Crippen LogP contribution in [0.1, 0.15) is 30.4 Å². The summed E-state index contributed by atoms with van der Waals surface area (Å²) in [5.74, 6) is -1.08. The van der Waals surface area contributed by atoms with Crippen molar-refractivity contribution < 1.29 is 44.3 Å². The van der Waals surface area contributed by atoms with E-state index in [9.17, 15) is 49.1 Å². The maximum absolute atomic E-state index is 14.6. The van der Waals surface area contributed by atoms with Crippen molar-refractivity contribution in [1.82, 2.24) is 24.7 Å². The molecular formula is C25H21F9N6O3. The number of nitrogens with one attached hydrogen (secondary N) is 1. The van der Waals surface area contributed by atoms with Crippen LogP contribution in [0.25, 0.3) is 22.2 Å². The first kappa shape index (κ1) is 33.0. The normalized spacial score (nSPS) is 12.0. The molecule has 4 rings (SSSR count). The molecule has 18 heteroatoms. The molecule has 43 heavy (non-hydrogen) atoms. The fourth-order valence-electron chi connectivity index (χ4n) is 3.70. The second-order valence-corrected chi connectivity index (χ2v) is 8.75. The summed E-state index contributed by atoms with van der Waals surface area (Å²) >= 11 is 0. The molecule has 3 N–H and O–H groups in total. The van der Waals surface area contributed by atoms with Gasteiger partial charge in [0, 0.05) is 25.1 Å². The van der Waals surface area contributed by atoms with Crippen LogP contribution in [0.2, 0.25) is 0 Å². The van der Waals surface area contributed by atoms with Gasteiger partial charge < -0.3 is 15.0 Å². The van der Waals surface area contributed by atoms with Crippen LogP contribution in [0.3, 0.4) is 0 Å². The lowest BCUT2D eigenvalue weighted by Gasteiger charge is -2.10. The Morgan fingerprint density at radius 3 is 2.19 bits per heavy atom. The number of halogens is 9. The number of alkyl halides is 8. The molecule has 0 fully saturated rings. The number of fused-ring (bicyclic) bond motifs is 1. The average Bonchev–Trinajstić information content (AvgIpc) is 2.91. The number of hydrogen-bond acceptors (Lipinski definition) is 7. The third-order valence-corrected chi connectivity index (χ3v) is 5.74. The zero-order chi connectivity index (χ0) is 31.9. The summed E-state index contributed by atoms with van der Waals surface area (Å²) < 4.78 is 118. The Labute approximate surface area is 235 Å². The summed E-state index contributed by atoms with van der Waals surface area (Å²) in [6, 6.07) is 3.88. The zero-order valence-electron chi connectivity index (χ0n) is 21.6. The third kappa shape index (κ3) is 8.76. The summed E-state index contributed by atoms with van der Waals surface area (Å²) in [5, 5.41) is 5.21. The maximum Gasteiger partial charge on any atom is 0.423 e. The van der Waals surface area contributed by atoms with Crippen LogP contribution in [0.5, 0.6) is 0 Å². The molecular weight excluding hydrogens is 603 g/mol. The van der Waals surface area contributed by atoms with Gasteiger partial charge in [0.15, 0.2) is 5.82 Å². The van der Waals surface area contributed by atoms with Gasteiger partial charge in [-0.3, -0.25) is 9.59 Å². The van der Waals surface area contributed by atoms with E-state index in [0.717, 1.165) is 12.3 Å². The van der Waals surface area contributed by atoms with Crippen LogP contribution in [0.4, 0.5) is 45.2 Å². The number of aromatic nitrogens is 5. The number of hydrogen-bond donors (Lipinski definition) is 2. The maximum atomic E-state index is 14.6. The molecule has 3 heterocycles. The standard InChI is InChI=1S/C20H17F6N3O2.C5H4F3N3O/c21-16-9-14-12(8-15(16)17-27-10-13(11-28-17)20(24,25)26)4-6-29(18(14)30)5-2-1-3-7-31-19(22)23;6-5(7,8)3-2(9)1-10-11-4(3)12/h4,6,8-11,19H,1-3,5,7H2;1H,(H3,9,11,12).